The van der Waals surface area contributed by atoms with Gasteiger partial charge in [-0.15, -0.1) is 0 Å². The summed E-state index contributed by atoms with van der Waals surface area (Å²) < 4.78 is 0.902. The number of fused-ring (bicyclic) bond motifs is 1. The summed E-state index contributed by atoms with van der Waals surface area (Å²) in [5, 5.41) is 14.5. The first-order valence-corrected chi connectivity index (χ1v) is 13.5. The second kappa shape index (κ2) is 20.5. The van der Waals surface area contributed by atoms with E-state index in [1.807, 2.05) is 44.7 Å². The summed E-state index contributed by atoms with van der Waals surface area (Å²) >= 11 is 5.38. The first-order chi connectivity index (χ1) is 16.0. The third-order valence-corrected chi connectivity index (χ3v) is 5.33. The molecule has 0 amide bonds. The number of guanidine groups is 1. The van der Waals surface area contributed by atoms with Crippen LogP contribution in [-0.4, -0.2) is 52.1 Å². The molecule has 1 aromatic carbocycles. The van der Waals surface area contributed by atoms with Gasteiger partial charge in [-0.3, -0.25) is 19.8 Å². The van der Waals surface area contributed by atoms with Gasteiger partial charge in [-0.2, -0.15) is 11.8 Å². The summed E-state index contributed by atoms with van der Waals surface area (Å²) in [6, 6.07) is 3.90. The molecule has 3 rings (SSSR count). The number of thioether (sulfide) groups is 1. The van der Waals surface area contributed by atoms with E-state index in [2.05, 4.69) is 66.9 Å². The summed E-state index contributed by atoms with van der Waals surface area (Å²) in [5.41, 5.74) is 2.65. The van der Waals surface area contributed by atoms with E-state index in [1.54, 1.807) is 12.4 Å². The molecule has 33 heavy (non-hydrogen) atoms. The molecule has 7 nitrogen and oxygen atoms in total. The van der Waals surface area contributed by atoms with E-state index < -0.39 is 5.97 Å². The Morgan fingerprint density at radius 3 is 2.55 bits per heavy atom. The van der Waals surface area contributed by atoms with Crippen molar-refractivity contribution in [3.05, 3.63) is 41.2 Å². The van der Waals surface area contributed by atoms with Crippen LogP contribution in [0.15, 0.2) is 46.1 Å². The average Bonchev–Trinajstić information content (AvgIpc) is 3.35. The fourth-order valence-corrected chi connectivity index (χ4v) is 3.35. The Morgan fingerprint density at radius 2 is 2.00 bits per heavy atom. The third kappa shape index (κ3) is 13.9. The Morgan fingerprint density at radius 1 is 1.27 bits per heavy atom. The molecule has 0 spiro atoms. The summed E-state index contributed by atoms with van der Waals surface area (Å²) in [7, 11) is 0. The number of allylic oxidation sites excluding steroid dienone is 1. The van der Waals surface area contributed by atoms with E-state index >= 15 is 0 Å². The summed E-state index contributed by atoms with van der Waals surface area (Å²) in [6.45, 7) is 9.79. The lowest BCUT2D eigenvalue weighted by Gasteiger charge is -2.09. The van der Waals surface area contributed by atoms with Crippen molar-refractivity contribution in [1.29, 1.82) is 0 Å². The van der Waals surface area contributed by atoms with Crippen molar-refractivity contribution in [2.24, 2.45) is 4.99 Å². The Balaban J connectivity index is 0.000000539. The summed E-state index contributed by atoms with van der Waals surface area (Å²) in [6.07, 6.45) is 13.0. The zero-order valence-corrected chi connectivity index (χ0v) is 22.8. The molecule has 1 aliphatic heterocycles. The van der Waals surface area contributed by atoms with Gasteiger partial charge in [0.15, 0.2) is 5.96 Å². The Bertz CT molecular complexity index is 862. The van der Waals surface area contributed by atoms with Crippen LogP contribution in [0.1, 0.15) is 53.4 Å². The lowest BCUT2D eigenvalue weighted by atomic mass is 10.2. The molecule has 184 valence electrons. The number of aliphatic carboxylic acids is 1. The van der Waals surface area contributed by atoms with Gasteiger partial charge < -0.3 is 15.7 Å². The van der Waals surface area contributed by atoms with E-state index in [4.69, 9.17) is 5.11 Å². The monoisotopic (exact) mass is 539 g/mol. The molecule has 0 fully saturated rings. The molecule has 0 saturated heterocycles. The number of carboxylic acids is 1. The Kier molecular flexibility index (Phi) is 19.2. The van der Waals surface area contributed by atoms with Crippen molar-refractivity contribution in [3.63, 3.8) is 0 Å². The number of aromatic nitrogens is 2. The standard InChI is InChI=1S/C11H10BrN5.C6H12O2.C5H10S.C2H6/c12-9-7(17-11-15-5-6-16-11)1-2-8-10(9)14-4-3-13-8;1-2-3-4-5-6(7)8;1-3-4-5-6-2;1-2/h1-4H,5-6H2,(H2,15,16,17);2-5H2,1H3,(H,7,8);3-4H,5H2,1-2H3;1-2H3/b;;4-3-;. The molecule has 1 aromatic heterocycles. The first-order valence-electron chi connectivity index (χ1n) is 11.3. The van der Waals surface area contributed by atoms with Gasteiger partial charge in [-0.05, 0) is 47.7 Å². The fourth-order valence-electron chi connectivity index (χ4n) is 2.43. The number of carboxylic acid groups (broad SMARTS) is 1. The van der Waals surface area contributed by atoms with Gasteiger partial charge in [0.2, 0.25) is 0 Å². The molecule has 2 heterocycles. The van der Waals surface area contributed by atoms with Gasteiger partial charge in [-0.25, -0.2) is 0 Å². The zero-order chi connectivity index (χ0) is 24.9. The summed E-state index contributed by atoms with van der Waals surface area (Å²) in [5.74, 6) is 1.27. The molecule has 3 N–H and O–H groups in total. The maximum absolute atomic E-state index is 9.87. The van der Waals surface area contributed by atoms with Crippen LogP contribution in [-0.2, 0) is 4.79 Å². The predicted octanol–water partition coefficient (Wildman–Crippen LogP) is 6.37. The van der Waals surface area contributed by atoms with E-state index in [0.29, 0.717) is 6.42 Å². The Labute approximate surface area is 211 Å². The Hall–Kier alpha value is -2.13. The van der Waals surface area contributed by atoms with Crippen molar-refractivity contribution < 1.29 is 9.90 Å². The summed E-state index contributed by atoms with van der Waals surface area (Å²) in [4.78, 5) is 22.7. The number of aliphatic imine (C=N–C) groups is 1. The molecule has 0 unspecified atom stereocenters. The van der Waals surface area contributed by atoms with Gasteiger partial charge in [0.25, 0.3) is 0 Å². The van der Waals surface area contributed by atoms with Gasteiger partial charge in [-0.1, -0.05) is 45.8 Å². The number of nitrogens with one attached hydrogen (secondary N) is 2. The second-order valence-corrected chi connectivity index (χ2v) is 8.21. The van der Waals surface area contributed by atoms with Crippen LogP contribution in [0.5, 0.6) is 0 Å². The van der Waals surface area contributed by atoms with Crippen LogP contribution in [0.3, 0.4) is 0 Å². The van der Waals surface area contributed by atoms with E-state index in [9.17, 15) is 4.79 Å². The minimum atomic E-state index is -0.682. The highest BCUT2D eigenvalue weighted by molar-refractivity contribution is 9.10. The van der Waals surface area contributed by atoms with Crippen molar-refractivity contribution in [2.45, 2.75) is 53.4 Å². The molecule has 1 aliphatic rings. The maximum atomic E-state index is 9.87. The van der Waals surface area contributed by atoms with Crippen LogP contribution in [0.4, 0.5) is 5.69 Å². The lowest BCUT2D eigenvalue weighted by molar-refractivity contribution is -0.137. The number of halogens is 1. The number of benzene rings is 1. The van der Waals surface area contributed by atoms with Crippen LogP contribution in [0, 0.1) is 0 Å². The third-order valence-electron chi connectivity index (χ3n) is 4.00. The van der Waals surface area contributed by atoms with Gasteiger partial charge in [0, 0.05) is 31.1 Å². The highest BCUT2D eigenvalue weighted by Gasteiger charge is 2.10. The topological polar surface area (TPSA) is 99.5 Å². The first kappa shape index (κ1) is 30.9. The van der Waals surface area contributed by atoms with E-state index in [1.165, 1.54) is 0 Å². The zero-order valence-electron chi connectivity index (χ0n) is 20.4. The van der Waals surface area contributed by atoms with Crippen LogP contribution < -0.4 is 10.6 Å². The lowest BCUT2D eigenvalue weighted by Crippen LogP contribution is -2.26. The molecule has 9 heteroatoms. The normalized spacial score (nSPS) is 11.8. The quantitative estimate of drug-likeness (QED) is 0.277. The van der Waals surface area contributed by atoms with E-state index in [-0.39, 0.29) is 0 Å². The number of hydrogen-bond acceptors (Lipinski definition) is 7. The largest absolute Gasteiger partial charge is 0.481 e. The van der Waals surface area contributed by atoms with E-state index in [0.717, 1.165) is 65.3 Å². The van der Waals surface area contributed by atoms with Gasteiger partial charge >= 0.3 is 5.97 Å². The smallest absolute Gasteiger partial charge is 0.303 e. The van der Waals surface area contributed by atoms with Crippen molar-refractivity contribution in [3.8, 4) is 0 Å². The highest BCUT2D eigenvalue weighted by Crippen LogP contribution is 2.28. The number of unbranched alkanes of at least 4 members (excludes halogenated alkanes) is 2. The van der Waals surface area contributed by atoms with Gasteiger partial charge in [0.1, 0.15) is 5.52 Å². The minimum Gasteiger partial charge on any atom is -0.481 e. The van der Waals surface area contributed by atoms with Crippen LogP contribution in [0.25, 0.3) is 11.0 Å². The van der Waals surface area contributed by atoms with Crippen molar-refractivity contribution >= 4 is 56.3 Å². The fraction of sp³-hybridized carbons (Fsp3) is 0.500. The predicted molar refractivity (Wildman–Crippen MR) is 147 cm³/mol. The highest BCUT2D eigenvalue weighted by atomic mass is 79.9. The second-order valence-electron chi connectivity index (χ2n) is 6.51. The molecule has 0 radical (unpaired) electrons. The van der Waals surface area contributed by atoms with Crippen LogP contribution in [0.2, 0.25) is 0 Å². The molecule has 2 aromatic rings. The number of nitrogens with zero attached hydrogens (tertiary/aromatic N) is 3. The van der Waals surface area contributed by atoms with Crippen molar-refractivity contribution in [2.75, 3.05) is 30.4 Å². The molecule has 0 bridgehead atoms. The van der Waals surface area contributed by atoms with Crippen LogP contribution >= 0.6 is 27.7 Å². The van der Waals surface area contributed by atoms with Gasteiger partial charge in [0.05, 0.1) is 22.2 Å². The number of anilines is 1. The average molecular weight is 541 g/mol. The minimum absolute atomic E-state index is 0.327. The molecular formula is C24H38BrN5O2S. The van der Waals surface area contributed by atoms with Crippen molar-refractivity contribution in [1.82, 2.24) is 15.3 Å². The molecular weight excluding hydrogens is 502 g/mol. The SMILES string of the molecule is Brc1c(NC2=NCCN2)ccc2nccnc12.C/C=C\CSC.CC.CCCCCC(=O)O. The molecule has 0 atom stereocenters. The number of carbonyl (C=O) groups is 1. The molecule has 0 aliphatic carbocycles. The maximum Gasteiger partial charge on any atom is 0.303 e. The molecule has 0 saturated carbocycles. The number of hydrogen-bond donors (Lipinski definition) is 3. The number of rotatable bonds is 7.